The molecule has 1 amide bonds. The van der Waals surface area contributed by atoms with Gasteiger partial charge in [0, 0.05) is 6.54 Å². The van der Waals surface area contributed by atoms with Crippen LogP contribution in [0.5, 0.6) is 17.2 Å². The van der Waals surface area contributed by atoms with Crippen LogP contribution < -0.4 is 14.2 Å². The van der Waals surface area contributed by atoms with E-state index in [1.165, 1.54) is 6.42 Å². The van der Waals surface area contributed by atoms with E-state index in [4.69, 9.17) is 18.9 Å². The number of benzene rings is 1. The number of hydrogen-bond donors (Lipinski definition) is 0. The van der Waals surface area contributed by atoms with Crippen molar-refractivity contribution >= 4 is 11.9 Å². The van der Waals surface area contributed by atoms with Gasteiger partial charge in [0.05, 0.1) is 33.9 Å². The molecule has 7 nitrogen and oxygen atoms in total. The number of esters is 1. The van der Waals surface area contributed by atoms with Gasteiger partial charge in [-0.25, -0.2) is 4.79 Å². The molecule has 33 heavy (non-hydrogen) atoms. The van der Waals surface area contributed by atoms with Gasteiger partial charge in [-0.05, 0) is 62.1 Å². The number of carbonyl (C=O) groups is 2. The molecule has 2 atom stereocenters. The van der Waals surface area contributed by atoms with Gasteiger partial charge in [-0.1, -0.05) is 26.2 Å². The Kier molecular flexibility index (Phi) is 9.27. The molecule has 3 rings (SSSR count). The fraction of sp³-hybridized carbons (Fsp3) is 0.692. The third-order valence-electron chi connectivity index (χ3n) is 6.94. The Bertz CT molecular complexity index is 779. The van der Waals surface area contributed by atoms with Gasteiger partial charge < -0.3 is 23.8 Å². The molecule has 0 radical (unpaired) electrons. The minimum atomic E-state index is -0.508. The summed E-state index contributed by atoms with van der Waals surface area (Å²) in [5.41, 5.74) is 0.854. The summed E-state index contributed by atoms with van der Waals surface area (Å²) in [6.45, 7) is 2.94. The zero-order valence-electron chi connectivity index (χ0n) is 20.6. The van der Waals surface area contributed by atoms with Gasteiger partial charge in [-0.3, -0.25) is 4.79 Å². The van der Waals surface area contributed by atoms with E-state index < -0.39 is 6.04 Å². The highest BCUT2D eigenvalue weighted by molar-refractivity contribution is 5.89. The third kappa shape index (κ3) is 5.74. The summed E-state index contributed by atoms with van der Waals surface area (Å²) < 4.78 is 22.1. The van der Waals surface area contributed by atoms with Crippen molar-refractivity contribution in [3.05, 3.63) is 17.7 Å². The summed E-state index contributed by atoms with van der Waals surface area (Å²) in [7, 11) is 4.75. The van der Waals surface area contributed by atoms with Crippen molar-refractivity contribution in [2.24, 2.45) is 5.92 Å². The average Bonchev–Trinajstić information content (AvgIpc) is 2.87. The summed E-state index contributed by atoms with van der Waals surface area (Å²) in [4.78, 5) is 28.7. The number of ether oxygens (including phenoxy) is 4. The number of nitrogens with zero attached hydrogens (tertiary/aromatic N) is 1. The molecule has 0 bridgehead atoms. The van der Waals surface area contributed by atoms with Crippen LogP contribution in [-0.2, 0) is 14.3 Å². The SMILES string of the molecule is CCCOC(=O)C1CCCCN1C(=O)[C@H](c1cc(OC)c(OC)c(OC)c1)C1CCCCC1. The molecule has 0 aromatic heterocycles. The second-order valence-corrected chi connectivity index (χ2v) is 9.05. The van der Waals surface area contributed by atoms with Gasteiger partial charge in [0.15, 0.2) is 11.5 Å². The van der Waals surface area contributed by atoms with Crippen LogP contribution in [0.1, 0.15) is 76.2 Å². The van der Waals surface area contributed by atoms with Crippen molar-refractivity contribution in [2.45, 2.75) is 76.7 Å². The highest BCUT2D eigenvalue weighted by Crippen LogP contribution is 2.45. The van der Waals surface area contributed by atoms with Crippen LogP contribution in [0.3, 0.4) is 0 Å². The molecule has 1 aromatic rings. The molecule has 1 aromatic carbocycles. The van der Waals surface area contributed by atoms with E-state index >= 15 is 0 Å². The lowest BCUT2D eigenvalue weighted by Crippen LogP contribution is -2.51. The van der Waals surface area contributed by atoms with Crippen LogP contribution >= 0.6 is 0 Å². The quantitative estimate of drug-likeness (QED) is 0.496. The summed E-state index contributed by atoms with van der Waals surface area (Å²) in [5.74, 6) is 1.17. The first-order valence-corrected chi connectivity index (χ1v) is 12.3. The Morgan fingerprint density at radius 1 is 0.939 bits per heavy atom. The molecule has 0 N–H and O–H groups in total. The van der Waals surface area contributed by atoms with Crippen molar-refractivity contribution in [1.29, 1.82) is 0 Å². The van der Waals surface area contributed by atoms with E-state index in [1.807, 2.05) is 19.1 Å². The largest absolute Gasteiger partial charge is 0.493 e. The number of methoxy groups -OCH3 is 3. The van der Waals surface area contributed by atoms with Crippen molar-refractivity contribution in [1.82, 2.24) is 4.90 Å². The minimum absolute atomic E-state index is 0.00863. The zero-order chi connectivity index (χ0) is 23.8. The second-order valence-electron chi connectivity index (χ2n) is 9.05. The fourth-order valence-corrected chi connectivity index (χ4v) is 5.28. The normalized spacial score (nSPS) is 20.1. The zero-order valence-corrected chi connectivity index (χ0v) is 20.6. The van der Waals surface area contributed by atoms with Gasteiger partial charge >= 0.3 is 5.97 Å². The number of piperidine rings is 1. The maximum Gasteiger partial charge on any atom is 0.328 e. The van der Waals surface area contributed by atoms with Gasteiger partial charge in [0.1, 0.15) is 6.04 Å². The van der Waals surface area contributed by atoms with Gasteiger partial charge in [0.2, 0.25) is 11.7 Å². The highest BCUT2D eigenvalue weighted by atomic mass is 16.5. The van der Waals surface area contributed by atoms with Crippen LogP contribution in [0.15, 0.2) is 12.1 Å². The Balaban J connectivity index is 2.00. The van der Waals surface area contributed by atoms with Crippen LogP contribution in [0.4, 0.5) is 0 Å². The third-order valence-corrected chi connectivity index (χ3v) is 6.94. The summed E-state index contributed by atoms with van der Waals surface area (Å²) in [6, 6.07) is 3.28. The lowest BCUT2D eigenvalue weighted by Gasteiger charge is -2.39. The highest BCUT2D eigenvalue weighted by Gasteiger charge is 2.40. The maximum atomic E-state index is 14.1. The first-order valence-electron chi connectivity index (χ1n) is 12.3. The fourth-order valence-electron chi connectivity index (χ4n) is 5.28. The topological polar surface area (TPSA) is 74.3 Å². The van der Waals surface area contributed by atoms with E-state index in [1.54, 1.807) is 26.2 Å². The van der Waals surface area contributed by atoms with Crippen molar-refractivity contribution in [3.8, 4) is 17.2 Å². The summed E-state index contributed by atoms with van der Waals surface area (Å²) in [6.07, 6.45) is 8.65. The standard InChI is InChI=1S/C26H39NO6/c1-5-15-33-26(29)20-13-9-10-14-27(20)25(28)23(18-11-7-6-8-12-18)19-16-21(30-2)24(32-4)22(17-19)31-3/h16-18,20,23H,5-15H2,1-4H3/t20?,23-/m0/s1. The molecular weight excluding hydrogens is 422 g/mol. The Labute approximate surface area is 197 Å². The molecule has 1 saturated carbocycles. The van der Waals surface area contributed by atoms with Crippen LogP contribution in [-0.4, -0.2) is 57.3 Å². The molecule has 1 saturated heterocycles. The van der Waals surface area contributed by atoms with Crippen molar-refractivity contribution in [3.63, 3.8) is 0 Å². The number of amides is 1. The summed E-state index contributed by atoms with van der Waals surface area (Å²) >= 11 is 0. The second kappa shape index (κ2) is 12.1. The average molecular weight is 462 g/mol. The maximum absolute atomic E-state index is 14.1. The molecule has 7 heteroatoms. The Morgan fingerprint density at radius 2 is 1.58 bits per heavy atom. The first-order chi connectivity index (χ1) is 16.0. The summed E-state index contributed by atoms with van der Waals surface area (Å²) in [5, 5.41) is 0. The molecule has 2 aliphatic rings. The van der Waals surface area contributed by atoms with E-state index in [0.29, 0.717) is 36.8 Å². The Morgan fingerprint density at radius 3 is 2.15 bits per heavy atom. The van der Waals surface area contributed by atoms with Crippen molar-refractivity contribution < 1.29 is 28.5 Å². The van der Waals surface area contributed by atoms with E-state index in [9.17, 15) is 9.59 Å². The van der Waals surface area contributed by atoms with Gasteiger partial charge in [-0.15, -0.1) is 0 Å². The Hall–Kier alpha value is -2.44. The molecule has 0 spiro atoms. The van der Waals surface area contributed by atoms with Gasteiger partial charge in [-0.2, -0.15) is 0 Å². The van der Waals surface area contributed by atoms with Crippen molar-refractivity contribution in [2.75, 3.05) is 34.5 Å². The van der Waals surface area contributed by atoms with E-state index in [-0.39, 0.29) is 23.7 Å². The lowest BCUT2D eigenvalue weighted by atomic mass is 9.75. The van der Waals surface area contributed by atoms with Crippen LogP contribution in [0.25, 0.3) is 0 Å². The smallest absolute Gasteiger partial charge is 0.328 e. The molecule has 1 heterocycles. The number of likely N-dealkylation sites (tertiary alicyclic amines) is 1. The van der Waals surface area contributed by atoms with Crippen LogP contribution in [0.2, 0.25) is 0 Å². The number of carbonyl (C=O) groups excluding carboxylic acids is 2. The molecule has 2 fully saturated rings. The van der Waals surface area contributed by atoms with E-state index in [0.717, 1.165) is 50.5 Å². The minimum Gasteiger partial charge on any atom is -0.493 e. The number of hydrogen-bond acceptors (Lipinski definition) is 6. The monoisotopic (exact) mass is 461 g/mol. The molecule has 184 valence electrons. The number of rotatable bonds is 9. The van der Waals surface area contributed by atoms with Crippen LogP contribution in [0, 0.1) is 5.92 Å². The van der Waals surface area contributed by atoms with E-state index in [2.05, 4.69) is 0 Å². The molecule has 1 aliphatic heterocycles. The predicted octanol–water partition coefficient (Wildman–Crippen LogP) is 4.71. The molecule has 1 unspecified atom stereocenters. The predicted molar refractivity (Wildman–Crippen MR) is 126 cm³/mol. The lowest BCUT2D eigenvalue weighted by molar-refractivity contribution is -0.158. The van der Waals surface area contributed by atoms with Gasteiger partial charge in [0.25, 0.3) is 0 Å². The first kappa shape index (κ1) is 25.2. The molecule has 1 aliphatic carbocycles. The molecular formula is C26H39NO6.